The van der Waals surface area contributed by atoms with Crippen LogP contribution in [0.1, 0.15) is 22.3 Å². The fourth-order valence-corrected chi connectivity index (χ4v) is 3.53. The fourth-order valence-electron chi connectivity index (χ4n) is 3.53. The minimum absolute atomic E-state index is 0.133. The van der Waals surface area contributed by atoms with Gasteiger partial charge in [0.05, 0.1) is 18.3 Å². The Hall–Kier alpha value is -3.19. The Morgan fingerprint density at radius 3 is 2.59 bits per heavy atom. The summed E-state index contributed by atoms with van der Waals surface area (Å²) in [5.74, 6) is -0.608. The second-order valence-electron chi connectivity index (χ2n) is 6.99. The number of aliphatic hydroxyl groups excluding tert-OH is 1. The number of rotatable bonds is 6. The third-order valence-corrected chi connectivity index (χ3v) is 5.01. The maximum Gasteiger partial charge on any atom is 0.254 e. The summed E-state index contributed by atoms with van der Waals surface area (Å²) in [4.78, 5) is 31.0. The molecule has 1 aliphatic heterocycles. The first kappa shape index (κ1) is 20.5. The van der Waals surface area contributed by atoms with Crippen LogP contribution in [0.2, 0.25) is 0 Å². The molecule has 0 spiro atoms. The number of hydrogen-bond donors (Lipinski definition) is 2. The van der Waals surface area contributed by atoms with Crippen LogP contribution in [0.25, 0.3) is 11.1 Å². The SMILES string of the molecule is CO/N=C1\CC(CNC(=O)CO)N(C(=O)c2ccc(-c3ccccc3C)cc2)C1. The minimum atomic E-state index is -0.583. The van der Waals surface area contributed by atoms with Gasteiger partial charge in [0.2, 0.25) is 5.91 Å². The van der Waals surface area contributed by atoms with Crippen LogP contribution in [0.4, 0.5) is 0 Å². The van der Waals surface area contributed by atoms with E-state index in [4.69, 9.17) is 9.94 Å². The fraction of sp³-hybridized carbons (Fsp3) is 0.318. The average Bonchev–Trinajstić information content (AvgIpc) is 3.15. The number of aryl methyl sites for hydroxylation is 1. The van der Waals surface area contributed by atoms with Gasteiger partial charge in [0.1, 0.15) is 13.7 Å². The van der Waals surface area contributed by atoms with Gasteiger partial charge < -0.3 is 20.2 Å². The monoisotopic (exact) mass is 395 g/mol. The standard InChI is InChI=1S/C22H25N3O4/c1-15-5-3-4-6-20(15)16-7-9-17(10-8-16)22(28)25-13-18(24-29-2)11-19(25)12-23-21(27)14-26/h3-10,19,26H,11-14H2,1-2H3,(H,23,27)/b24-18+. The summed E-state index contributed by atoms with van der Waals surface area (Å²) < 4.78 is 0. The van der Waals surface area contributed by atoms with Gasteiger partial charge in [-0.15, -0.1) is 0 Å². The Kier molecular flexibility index (Phi) is 6.61. The quantitative estimate of drug-likeness (QED) is 0.732. The van der Waals surface area contributed by atoms with Gasteiger partial charge in [-0.25, -0.2) is 0 Å². The molecule has 1 unspecified atom stereocenters. The van der Waals surface area contributed by atoms with E-state index in [1.807, 2.05) is 36.4 Å². The first-order valence-electron chi connectivity index (χ1n) is 9.47. The molecule has 7 heteroatoms. The molecule has 1 atom stereocenters. The molecule has 7 nitrogen and oxygen atoms in total. The van der Waals surface area contributed by atoms with E-state index < -0.39 is 12.5 Å². The van der Waals surface area contributed by atoms with E-state index in [2.05, 4.69) is 29.5 Å². The molecule has 1 saturated heterocycles. The lowest BCUT2D eigenvalue weighted by Gasteiger charge is -2.24. The van der Waals surface area contributed by atoms with Crippen LogP contribution in [0.5, 0.6) is 0 Å². The van der Waals surface area contributed by atoms with Crippen molar-refractivity contribution >= 4 is 17.5 Å². The number of oxime groups is 1. The van der Waals surface area contributed by atoms with E-state index in [0.29, 0.717) is 18.5 Å². The Morgan fingerprint density at radius 1 is 1.21 bits per heavy atom. The zero-order valence-electron chi connectivity index (χ0n) is 16.6. The Bertz CT molecular complexity index is 909. The predicted molar refractivity (Wildman–Crippen MR) is 111 cm³/mol. The van der Waals surface area contributed by atoms with Crippen molar-refractivity contribution < 1.29 is 19.5 Å². The second-order valence-corrected chi connectivity index (χ2v) is 6.99. The van der Waals surface area contributed by atoms with E-state index in [1.165, 1.54) is 12.7 Å². The zero-order valence-corrected chi connectivity index (χ0v) is 16.6. The molecule has 0 aliphatic carbocycles. The van der Waals surface area contributed by atoms with E-state index in [0.717, 1.165) is 16.8 Å². The molecule has 0 bridgehead atoms. The molecule has 1 heterocycles. The van der Waals surface area contributed by atoms with Gasteiger partial charge in [-0.3, -0.25) is 9.59 Å². The second kappa shape index (κ2) is 9.34. The summed E-state index contributed by atoms with van der Waals surface area (Å²) in [6.45, 7) is 2.06. The summed E-state index contributed by atoms with van der Waals surface area (Å²) in [5, 5.41) is 15.5. The van der Waals surface area contributed by atoms with Crippen molar-refractivity contribution in [1.29, 1.82) is 0 Å². The molecule has 2 aromatic rings. The topological polar surface area (TPSA) is 91.2 Å². The summed E-state index contributed by atoms with van der Waals surface area (Å²) in [6.07, 6.45) is 0.507. The van der Waals surface area contributed by atoms with Gasteiger partial charge in [0, 0.05) is 18.5 Å². The maximum absolute atomic E-state index is 13.1. The van der Waals surface area contributed by atoms with Crippen LogP contribution < -0.4 is 5.32 Å². The number of benzene rings is 2. The van der Waals surface area contributed by atoms with Crippen molar-refractivity contribution in [1.82, 2.24) is 10.2 Å². The summed E-state index contributed by atoms with van der Waals surface area (Å²) >= 11 is 0. The number of hydrogen-bond acceptors (Lipinski definition) is 5. The summed E-state index contributed by atoms with van der Waals surface area (Å²) in [5.41, 5.74) is 4.66. The van der Waals surface area contributed by atoms with Gasteiger partial charge in [0.25, 0.3) is 5.91 Å². The van der Waals surface area contributed by atoms with Crippen LogP contribution in [0, 0.1) is 6.92 Å². The number of carbonyl (C=O) groups is 2. The minimum Gasteiger partial charge on any atom is -0.399 e. The zero-order chi connectivity index (χ0) is 20.8. The molecule has 1 aliphatic rings. The lowest BCUT2D eigenvalue weighted by Crippen LogP contribution is -2.43. The highest BCUT2D eigenvalue weighted by Gasteiger charge is 2.34. The van der Waals surface area contributed by atoms with Crippen LogP contribution in [-0.4, -0.2) is 60.4 Å². The average molecular weight is 395 g/mol. The number of aliphatic hydroxyl groups is 1. The first-order chi connectivity index (χ1) is 14.0. The molecule has 2 N–H and O–H groups in total. The molecule has 0 saturated carbocycles. The van der Waals surface area contributed by atoms with E-state index in [-0.39, 0.29) is 18.5 Å². The van der Waals surface area contributed by atoms with Gasteiger partial charge in [-0.05, 0) is 35.7 Å². The first-order valence-corrected chi connectivity index (χ1v) is 9.47. The van der Waals surface area contributed by atoms with Crippen LogP contribution in [0.3, 0.4) is 0 Å². The van der Waals surface area contributed by atoms with Gasteiger partial charge >= 0.3 is 0 Å². The molecule has 152 valence electrons. The number of nitrogens with zero attached hydrogens (tertiary/aromatic N) is 2. The van der Waals surface area contributed by atoms with Crippen molar-refractivity contribution in [3.63, 3.8) is 0 Å². The number of amides is 2. The highest BCUT2D eigenvalue weighted by atomic mass is 16.6. The molecule has 1 fully saturated rings. The highest BCUT2D eigenvalue weighted by molar-refractivity contribution is 6.00. The smallest absolute Gasteiger partial charge is 0.254 e. The lowest BCUT2D eigenvalue weighted by molar-refractivity contribution is -0.124. The Morgan fingerprint density at radius 2 is 1.93 bits per heavy atom. The van der Waals surface area contributed by atoms with Crippen LogP contribution in [0.15, 0.2) is 53.7 Å². The van der Waals surface area contributed by atoms with Gasteiger partial charge in [-0.1, -0.05) is 41.6 Å². The molecule has 0 aromatic heterocycles. The molecule has 0 radical (unpaired) electrons. The number of carbonyl (C=O) groups excluding carboxylic acids is 2. The van der Waals surface area contributed by atoms with E-state index in [9.17, 15) is 9.59 Å². The van der Waals surface area contributed by atoms with Crippen molar-refractivity contribution in [2.75, 3.05) is 26.8 Å². The Balaban J connectivity index is 1.78. The molecule has 2 amide bonds. The van der Waals surface area contributed by atoms with Crippen molar-refractivity contribution in [3.05, 3.63) is 59.7 Å². The van der Waals surface area contributed by atoms with Crippen molar-refractivity contribution in [2.45, 2.75) is 19.4 Å². The van der Waals surface area contributed by atoms with E-state index >= 15 is 0 Å². The van der Waals surface area contributed by atoms with Gasteiger partial charge in [0.15, 0.2) is 0 Å². The van der Waals surface area contributed by atoms with Crippen LogP contribution >= 0.6 is 0 Å². The number of nitrogens with one attached hydrogen (secondary N) is 1. The third-order valence-electron chi connectivity index (χ3n) is 5.01. The third kappa shape index (κ3) is 4.81. The van der Waals surface area contributed by atoms with Gasteiger partial charge in [-0.2, -0.15) is 0 Å². The largest absolute Gasteiger partial charge is 0.399 e. The summed E-state index contributed by atoms with van der Waals surface area (Å²) in [6, 6.07) is 15.4. The molecule has 2 aromatic carbocycles. The van der Waals surface area contributed by atoms with Crippen LogP contribution in [-0.2, 0) is 9.63 Å². The Labute approximate surface area is 170 Å². The maximum atomic E-state index is 13.1. The molecule has 29 heavy (non-hydrogen) atoms. The summed E-state index contributed by atoms with van der Waals surface area (Å²) in [7, 11) is 1.46. The normalized spacial score (nSPS) is 17.4. The molecular formula is C22H25N3O4. The van der Waals surface area contributed by atoms with Crippen molar-refractivity contribution in [2.24, 2.45) is 5.16 Å². The predicted octanol–water partition coefficient (Wildman–Crippen LogP) is 1.99. The lowest BCUT2D eigenvalue weighted by atomic mass is 9.99. The highest BCUT2D eigenvalue weighted by Crippen LogP contribution is 2.25. The molecular weight excluding hydrogens is 370 g/mol. The van der Waals surface area contributed by atoms with E-state index in [1.54, 1.807) is 4.90 Å². The molecule has 3 rings (SSSR count). The van der Waals surface area contributed by atoms with Crippen molar-refractivity contribution in [3.8, 4) is 11.1 Å². The number of likely N-dealkylation sites (tertiary alicyclic amines) is 1.